The molecule has 0 spiro atoms. The third kappa shape index (κ3) is 2.94. The minimum Gasteiger partial charge on any atom is -0.359 e. The highest BCUT2D eigenvalue weighted by atomic mass is 16.6. The van der Waals surface area contributed by atoms with Gasteiger partial charge >= 0.3 is 12.2 Å². The Labute approximate surface area is 121 Å². The van der Waals surface area contributed by atoms with Crippen LogP contribution in [-0.2, 0) is 4.74 Å². The maximum Gasteiger partial charge on any atom is 0.420 e. The average molecular weight is 285 g/mol. The highest BCUT2D eigenvalue weighted by Crippen LogP contribution is 2.20. The monoisotopic (exact) mass is 285 g/mol. The molecule has 1 aromatic carbocycles. The zero-order chi connectivity index (χ0) is 14.7. The molecule has 0 bridgehead atoms. The lowest BCUT2D eigenvalue weighted by Crippen LogP contribution is -2.31. The number of nitrogens with one attached hydrogen (secondary N) is 1. The molecule has 2 heterocycles. The van der Waals surface area contributed by atoms with Gasteiger partial charge in [0, 0.05) is 24.7 Å². The van der Waals surface area contributed by atoms with Crippen LogP contribution in [0.2, 0.25) is 0 Å². The van der Waals surface area contributed by atoms with Crippen molar-refractivity contribution in [3.63, 3.8) is 0 Å². The van der Waals surface area contributed by atoms with Crippen LogP contribution < -0.4 is 5.32 Å². The van der Waals surface area contributed by atoms with Gasteiger partial charge in [0.2, 0.25) is 0 Å². The second kappa shape index (κ2) is 5.78. The zero-order valence-electron chi connectivity index (χ0n) is 11.4. The first-order chi connectivity index (χ1) is 10.2. The summed E-state index contributed by atoms with van der Waals surface area (Å²) in [5, 5.41) is 3.47. The van der Waals surface area contributed by atoms with Gasteiger partial charge in [-0.1, -0.05) is 18.2 Å². The summed E-state index contributed by atoms with van der Waals surface area (Å²) in [6, 6.07) is 9.14. The number of anilines is 1. The van der Waals surface area contributed by atoms with Crippen LogP contribution in [0.15, 0.2) is 36.5 Å². The highest BCUT2D eigenvalue weighted by molar-refractivity contribution is 6.00. The predicted molar refractivity (Wildman–Crippen MR) is 78.0 cm³/mol. The molecule has 6 heteroatoms. The largest absolute Gasteiger partial charge is 0.420 e. The molecule has 1 saturated heterocycles. The summed E-state index contributed by atoms with van der Waals surface area (Å²) in [4.78, 5) is 29.3. The fourth-order valence-electron chi connectivity index (χ4n) is 2.38. The highest BCUT2D eigenvalue weighted by Gasteiger charge is 2.22. The van der Waals surface area contributed by atoms with Gasteiger partial charge < -0.3 is 9.64 Å². The molecule has 1 aliphatic rings. The summed E-state index contributed by atoms with van der Waals surface area (Å²) < 4.78 is 4.80. The lowest BCUT2D eigenvalue weighted by atomic mass is 10.2. The fourth-order valence-corrected chi connectivity index (χ4v) is 2.38. The van der Waals surface area contributed by atoms with E-state index < -0.39 is 12.2 Å². The summed E-state index contributed by atoms with van der Waals surface area (Å²) in [7, 11) is 0. The summed E-state index contributed by atoms with van der Waals surface area (Å²) in [6.07, 6.45) is 2.16. The van der Waals surface area contributed by atoms with E-state index in [-0.39, 0.29) is 0 Å². The normalized spacial score (nSPS) is 14.2. The third-order valence-electron chi connectivity index (χ3n) is 3.41. The minimum absolute atomic E-state index is 0.521. The smallest absolute Gasteiger partial charge is 0.359 e. The first kappa shape index (κ1) is 13.4. The Morgan fingerprint density at radius 1 is 1.14 bits per heavy atom. The van der Waals surface area contributed by atoms with Crippen LogP contribution in [0.3, 0.4) is 0 Å². The molecule has 0 atom stereocenters. The van der Waals surface area contributed by atoms with Crippen molar-refractivity contribution in [3.05, 3.63) is 36.5 Å². The van der Waals surface area contributed by atoms with Gasteiger partial charge in [-0.3, -0.25) is 10.3 Å². The predicted octanol–water partition coefficient (Wildman–Crippen LogP) is 3.00. The second-order valence-corrected chi connectivity index (χ2v) is 4.86. The molecule has 0 aliphatic carbocycles. The summed E-state index contributed by atoms with van der Waals surface area (Å²) in [5.41, 5.74) is 1.18. The number of pyridine rings is 1. The summed E-state index contributed by atoms with van der Waals surface area (Å²) in [5.74, 6) is 0. The molecule has 1 N–H and O–H groups in total. The van der Waals surface area contributed by atoms with E-state index in [4.69, 9.17) is 4.74 Å². The van der Waals surface area contributed by atoms with Crippen molar-refractivity contribution in [1.82, 2.24) is 9.88 Å². The van der Waals surface area contributed by atoms with Gasteiger partial charge in [-0.05, 0) is 25.0 Å². The van der Waals surface area contributed by atoms with Gasteiger partial charge in [0.1, 0.15) is 0 Å². The molecule has 0 saturated carbocycles. The molecular formula is C15H15N3O3. The number of carbonyl (C=O) groups excluding carboxylic acids is 2. The Hall–Kier alpha value is -2.63. The van der Waals surface area contributed by atoms with E-state index in [0.717, 1.165) is 18.2 Å². The number of benzene rings is 1. The maximum atomic E-state index is 11.8. The van der Waals surface area contributed by atoms with E-state index in [0.29, 0.717) is 24.3 Å². The number of ether oxygens (including phenoxy) is 1. The molecule has 6 nitrogen and oxygen atoms in total. The van der Waals surface area contributed by atoms with Crippen LogP contribution in [0.5, 0.6) is 0 Å². The Balaban J connectivity index is 1.70. The molecule has 21 heavy (non-hydrogen) atoms. The number of hydrogen-bond acceptors (Lipinski definition) is 4. The van der Waals surface area contributed by atoms with Crippen LogP contribution in [0.1, 0.15) is 12.8 Å². The van der Waals surface area contributed by atoms with Crippen LogP contribution in [0, 0.1) is 0 Å². The molecule has 2 aromatic rings. The molecule has 1 aromatic heterocycles. The average Bonchev–Trinajstić information content (AvgIpc) is 3.02. The first-order valence-electron chi connectivity index (χ1n) is 6.85. The number of para-hydroxylation sites is 1. The molecular weight excluding hydrogens is 270 g/mol. The van der Waals surface area contributed by atoms with Gasteiger partial charge in [-0.2, -0.15) is 0 Å². The number of fused-ring (bicyclic) bond motifs is 1. The van der Waals surface area contributed by atoms with Crippen molar-refractivity contribution in [2.24, 2.45) is 0 Å². The van der Waals surface area contributed by atoms with Gasteiger partial charge in [0.25, 0.3) is 0 Å². The summed E-state index contributed by atoms with van der Waals surface area (Å²) >= 11 is 0. The number of carbonyl (C=O) groups is 2. The molecule has 0 radical (unpaired) electrons. The number of amides is 2. The van der Waals surface area contributed by atoms with Crippen molar-refractivity contribution < 1.29 is 14.3 Å². The van der Waals surface area contributed by atoms with Gasteiger partial charge in [0.05, 0.1) is 11.2 Å². The van der Waals surface area contributed by atoms with Crippen LogP contribution >= 0.6 is 0 Å². The first-order valence-corrected chi connectivity index (χ1v) is 6.85. The number of aromatic nitrogens is 1. The molecule has 1 aliphatic heterocycles. The minimum atomic E-state index is -0.787. The number of likely N-dealkylation sites (tertiary alicyclic amines) is 1. The van der Waals surface area contributed by atoms with Crippen molar-refractivity contribution in [2.75, 3.05) is 18.4 Å². The summed E-state index contributed by atoms with van der Waals surface area (Å²) in [6.45, 7) is 1.28. The Morgan fingerprint density at radius 3 is 2.71 bits per heavy atom. The van der Waals surface area contributed by atoms with E-state index in [9.17, 15) is 9.59 Å². The van der Waals surface area contributed by atoms with Crippen molar-refractivity contribution in [3.8, 4) is 0 Å². The van der Waals surface area contributed by atoms with E-state index in [1.807, 2.05) is 24.3 Å². The van der Waals surface area contributed by atoms with Crippen LogP contribution in [0.25, 0.3) is 10.9 Å². The Morgan fingerprint density at radius 2 is 1.90 bits per heavy atom. The van der Waals surface area contributed by atoms with E-state index in [1.165, 1.54) is 4.90 Å². The Bertz CT molecular complexity index is 675. The van der Waals surface area contributed by atoms with Crippen molar-refractivity contribution in [1.29, 1.82) is 0 Å². The topological polar surface area (TPSA) is 71.5 Å². The number of nitrogens with zero attached hydrogens (tertiary/aromatic N) is 2. The zero-order valence-corrected chi connectivity index (χ0v) is 11.4. The van der Waals surface area contributed by atoms with Crippen molar-refractivity contribution >= 4 is 28.8 Å². The van der Waals surface area contributed by atoms with Crippen LogP contribution in [0.4, 0.5) is 15.3 Å². The third-order valence-corrected chi connectivity index (χ3v) is 3.41. The van der Waals surface area contributed by atoms with E-state index >= 15 is 0 Å². The van der Waals surface area contributed by atoms with Gasteiger partial charge in [0.15, 0.2) is 0 Å². The van der Waals surface area contributed by atoms with E-state index in [2.05, 4.69) is 10.3 Å². The molecule has 0 unspecified atom stereocenters. The number of hydrogen-bond donors (Lipinski definition) is 1. The fraction of sp³-hybridized carbons (Fsp3) is 0.267. The van der Waals surface area contributed by atoms with Crippen molar-refractivity contribution in [2.45, 2.75) is 12.8 Å². The Kier molecular flexibility index (Phi) is 3.68. The quantitative estimate of drug-likeness (QED) is 0.817. The standard InChI is InChI=1S/C15H15N3O3/c19-14(21-15(20)18-9-1-2-10-18)17-12-7-3-5-11-6-4-8-16-13(11)12/h3-8H,1-2,9-10H2,(H,17,19). The molecule has 1 fully saturated rings. The molecule has 3 rings (SSSR count). The SMILES string of the molecule is O=C(Nc1cccc2cccnc12)OC(=O)N1CCCC1. The van der Waals surface area contributed by atoms with Crippen LogP contribution in [-0.4, -0.2) is 35.2 Å². The second-order valence-electron chi connectivity index (χ2n) is 4.86. The lowest BCUT2D eigenvalue weighted by molar-refractivity contribution is 0.132. The van der Waals surface area contributed by atoms with E-state index in [1.54, 1.807) is 12.3 Å². The molecule has 2 amide bonds. The molecule has 108 valence electrons. The van der Waals surface area contributed by atoms with Gasteiger partial charge in [-0.25, -0.2) is 9.59 Å². The maximum absolute atomic E-state index is 11.8. The van der Waals surface area contributed by atoms with Gasteiger partial charge in [-0.15, -0.1) is 0 Å². The lowest BCUT2D eigenvalue weighted by Gasteiger charge is -2.14. The number of rotatable bonds is 1.